The Balaban J connectivity index is 2.57. The molecule has 0 saturated carbocycles. The van der Waals surface area contributed by atoms with Gasteiger partial charge in [0, 0.05) is 18.5 Å². The van der Waals surface area contributed by atoms with Crippen molar-refractivity contribution in [3.63, 3.8) is 0 Å². The minimum atomic E-state index is -1.08. The highest BCUT2D eigenvalue weighted by atomic mass is 16.6. The molecule has 0 unspecified atom stereocenters. The summed E-state index contributed by atoms with van der Waals surface area (Å²) in [5, 5.41) is 47.1. The summed E-state index contributed by atoms with van der Waals surface area (Å²) in [5.74, 6) is -1.46. The van der Waals surface area contributed by atoms with Crippen LogP contribution in [0.5, 0.6) is 11.6 Å². The van der Waals surface area contributed by atoms with Crippen LogP contribution >= 0.6 is 0 Å². The monoisotopic (exact) mass is 415 g/mol. The van der Waals surface area contributed by atoms with Crippen LogP contribution in [0.4, 0.5) is 17.1 Å². The lowest BCUT2D eigenvalue weighted by molar-refractivity contribution is -0.384. The Hall–Kier alpha value is -4.27. The summed E-state index contributed by atoms with van der Waals surface area (Å²) >= 11 is 0. The van der Waals surface area contributed by atoms with Gasteiger partial charge in [0.2, 0.25) is 5.88 Å². The van der Waals surface area contributed by atoms with Gasteiger partial charge >= 0.3 is 5.97 Å². The predicted molar refractivity (Wildman–Crippen MR) is 103 cm³/mol. The first-order chi connectivity index (χ1) is 14.2. The number of nitrogens with zero attached hydrogens (tertiary/aromatic N) is 5. The Bertz CT molecular complexity index is 1130. The van der Waals surface area contributed by atoms with Gasteiger partial charge in [-0.05, 0) is 25.5 Å². The number of hydrogen-bond acceptors (Lipinski definition) is 9. The number of aliphatic carboxylic acids is 1. The number of azo groups is 1. The highest BCUT2D eigenvalue weighted by molar-refractivity contribution is 5.66. The topological polar surface area (TPSA) is 180 Å². The van der Waals surface area contributed by atoms with Gasteiger partial charge in [-0.15, -0.1) is 10.2 Å². The second-order valence-corrected chi connectivity index (χ2v) is 6.05. The highest BCUT2D eigenvalue weighted by Crippen LogP contribution is 2.33. The van der Waals surface area contributed by atoms with Crippen molar-refractivity contribution >= 4 is 23.0 Å². The molecule has 12 heteroatoms. The Kier molecular flexibility index (Phi) is 6.82. The standard InChI is InChI=1S/C18H17N5O7/c1-10-12(9-19)17(26)22(7-3-4-15(24)25)18(27)16(10)21-20-13-6-5-11(30-2)8-14(13)23(28)29/h5-6,8,26H,3-4,7H2,1-2H3,(H,24,25). The summed E-state index contributed by atoms with van der Waals surface area (Å²) in [5.41, 5.74) is -1.86. The van der Waals surface area contributed by atoms with E-state index in [1.54, 1.807) is 6.07 Å². The Morgan fingerprint density at radius 1 is 1.40 bits per heavy atom. The third-order valence-electron chi connectivity index (χ3n) is 4.18. The fraction of sp³-hybridized carbons (Fsp3) is 0.278. The number of methoxy groups -OCH3 is 1. The molecule has 0 bridgehead atoms. The number of carboxylic acid groups (broad SMARTS) is 1. The number of pyridine rings is 1. The fourth-order valence-corrected chi connectivity index (χ4v) is 2.62. The van der Waals surface area contributed by atoms with E-state index in [2.05, 4.69) is 10.2 Å². The number of nitro benzene ring substituents is 1. The van der Waals surface area contributed by atoms with Gasteiger partial charge in [0.05, 0.1) is 18.1 Å². The fourth-order valence-electron chi connectivity index (χ4n) is 2.62. The number of rotatable bonds is 8. The van der Waals surface area contributed by atoms with Gasteiger partial charge in [0.15, 0.2) is 11.4 Å². The maximum Gasteiger partial charge on any atom is 0.303 e. The van der Waals surface area contributed by atoms with E-state index in [0.717, 1.165) is 10.6 Å². The smallest absolute Gasteiger partial charge is 0.303 e. The lowest BCUT2D eigenvalue weighted by Gasteiger charge is -2.12. The molecule has 1 heterocycles. The third-order valence-corrected chi connectivity index (χ3v) is 4.18. The van der Waals surface area contributed by atoms with E-state index < -0.39 is 28.0 Å². The lowest BCUT2D eigenvalue weighted by atomic mass is 10.1. The molecule has 0 aliphatic carbocycles. The van der Waals surface area contributed by atoms with Crippen molar-refractivity contribution in [3.05, 3.63) is 49.8 Å². The zero-order valence-electron chi connectivity index (χ0n) is 16.0. The van der Waals surface area contributed by atoms with Crippen LogP contribution in [0, 0.1) is 28.4 Å². The zero-order chi connectivity index (χ0) is 22.4. The van der Waals surface area contributed by atoms with E-state index in [4.69, 9.17) is 9.84 Å². The molecular weight excluding hydrogens is 398 g/mol. The SMILES string of the molecule is COc1ccc(N=Nc2c(C)c(C#N)c(O)n(CCCC(=O)O)c2=O)c([N+](=O)[O-])c1. The molecule has 0 saturated heterocycles. The average molecular weight is 415 g/mol. The van der Waals surface area contributed by atoms with Gasteiger partial charge in [-0.1, -0.05) is 0 Å². The molecule has 156 valence electrons. The van der Waals surface area contributed by atoms with Crippen molar-refractivity contribution < 1.29 is 24.7 Å². The van der Waals surface area contributed by atoms with Crippen LogP contribution in [0.1, 0.15) is 24.0 Å². The Morgan fingerprint density at radius 2 is 2.10 bits per heavy atom. The van der Waals surface area contributed by atoms with Crippen LogP contribution < -0.4 is 10.3 Å². The number of aromatic hydroxyl groups is 1. The summed E-state index contributed by atoms with van der Waals surface area (Å²) in [4.78, 5) is 34.0. The van der Waals surface area contributed by atoms with Gasteiger partial charge in [0.25, 0.3) is 11.2 Å². The minimum absolute atomic E-state index is 0.0251. The van der Waals surface area contributed by atoms with Crippen molar-refractivity contribution in [3.8, 4) is 17.7 Å². The van der Waals surface area contributed by atoms with E-state index in [1.807, 2.05) is 0 Å². The first kappa shape index (κ1) is 22.0. The van der Waals surface area contributed by atoms with Gasteiger partial charge in [0.1, 0.15) is 17.4 Å². The number of carbonyl (C=O) groups is 1. The number of hydrogen-bond donors (Lipinski definition) is 2. The summed E-state index contributed by atoms with van der Waals surface area (Å²) < 4.78 is 5.76. The lowest BCUT2D eigenvalue weighted by Crippen LogP contribution is -2.22. The molecule has 0 fully saturated rings. The second-order valence-electron chi connectivity index (χ2n) is 6.05. The molecule has 0 aliphatic heterocycles. The summed E-state index contributed by atoms with van der Waals surface area (Å²) in [6.45, 7) is 1.20. The highest BCUT2D eigenvalue weighted by Gasteiger charge is 2.20. The molecule has 12 nitrogen and oxygen atoms in total. The molecule has 30 heavy (non-hydrogen) atoms. The van der Waals surface area contributed by atoms with Gasteiger partial charge in [-0.25, -0.2) is 0 Å². The Morgan fingerprint density at radius 3 is 2.67 bits per heavy atom. The zero-order valence-corrected chi connectivity index (χ0v) is 16.0. The minimum Gasteiger partial charge on any atom is -0.496 e. The van der Waals surface area contributed by atoms with E-state index in [0.29, 0.717) is 0 Å². The number of aromatic nitrogens is 1. The number of benzene rings is 1. The predicted octanol–water partition coefficient (Wildman–Crippen LogP) is 2.93. The second kappa shape index (κ2) is 9.28. The molecule has 0 atom stereocenters. The van der Waals surface area contributed by atoms with Crippen molar-refractivity contribution in [2.24, 2.45) is 10.2 Å². The number of nitro groups is 1. The summed E-state index contributed by atoms with van der Waals surface area (Å²) in [6.07, 6.45) is -0.228. The van der Waals surface area contributed by atoms with Crippen LogP contribution in [0.3, 0.4) is 0 Å². The van der Waals surface area contributed by atoms with E-state index >= 15 is 0 Å². The molecule has 2 rings (SSSR count). The molecule has 0 radical (unpaired) electrons. The molecule has 1 aromatic heterocycles. The summed E-state index contributed by atoms with van der Waals surface area (Å²) in [7, 11) is 1.34. The van der Waals surface area contributed by atoms with Crippen LogP contribution in [-0.4, -0.2) is 32.8 Å². The maximum absolute atomic E-state index is 12.7. The van der Waals surface area contributed by atoms with Crippen LogP contribution in [0.2, 0.25) is 0 Å². The number of carboxylic acids is 1. The molecule has 0 spiro atoms. The average Bonchev–Trinajstić information content (AvgIpc) is 2.70. The van der Waals surface area contributed by atoms with Crippen LogP contribution in [0.25, 0.3) is 0 Å². The molecule has 0 amide bonds. The van der Waals surface area contributed by atoms with E-state index in [9.17, 15) is 30.1 Å². The summed E-state index contributed by atoms with van der Waals surface area (Å²) in [6, 6.07) is 5.61. The molecular formula is C18H17N5O7. The largest absolute Gasteiger partial charge is 0.496 e. The first-order valence-corrected chi connectivity index (χ1v) is 8.53. The number of nitriles is 1. The van der Waals surface area contributed by atoms with Crippen molar-refractivity contribution in [2.45, 2.75) is 26.3 Å². The normalized spacial score (nSPS) is 10.7. The van der Waals surface area contributed by atoms with E-state index in [-0.39, 0.29) is 47.6 Å². The Labute approximate surface area is 169 Å². The molecule has 2 N–H and O–H groups in total. The van der Waals surface area contributed by atoms with Gasteiger partial charge in [-0.2, -0.15) is 5.26 Å². The molecule has 0 aliphatic rings. The quantitative estimate of drug-likeness (QED) is 0.375. The van der Waals surface area contributed by atoms with Crippen LogP contribution in [-0.2, 0) is 11.3 Å². The van der Waals surface area contributed by atoms with Gasteiger partial charge in [-0.3, -0.25) is 24.3 Å². The number of ether oxygens (including phenoxy) is 1. The van der Waals surface area contributed by atoms with Crippen LogP contribution in [0.15, 0.2) is 33.2 Å². The van der Waals surface area contributed by atoms with Crippen molar-refractivity contribution in [1.29, 1.82) is 5.26 Å². The van der Waals surface area contributed by atoms with Gasteiger partial charge < -0.3 is 14.9 Å². The third kappa shape index (κ3) is 4.58. The first-order valence-electron chi connectivity index (χ1n) is 8.53. The van der Waals surface area contributed by atoms with Crippen molar-refractivity contribution in [2.75, 3.05) is 7.11 Å². The van der Waals surface area contributed by atoms with Crippen molar-refractivity contribution in [1.82, 2.24) is 4.57 Å². The molecule has 2 aromatic rings. The maximum atomic E-state index is 12.7. The van der Waals surface area contributed by atoms with E-state index in [1.165, 1.54) is 26.2 Å². The molecule has 1 aromatic carbocycles.